The number of nitrogens with zero attached hydrogens (tertiary/aromatic N) is 5. The lowest BCUT2D eigenvalue weighted by Gasteiger charge is -2.37. The van der Waals surface area contributed by atoms with E-state index < -0.39 is 125 Å². The standard InChI is InChI=1S/C39H69N3O13.C14H25NO4.C11H21NO3.3C2H4O2/c1-15-38(7,35(50)54-24-30(45)22-53-34(49)37(5,6)17-16-25(2)31(46)40(9)10)19-28(33(48)42(13)14)20-39(8,18-26(3)32(47)41(11)12)36(51)55-23-29(44)21-52-27(4)43;1-6-14(3,7-10(2)12(16)15(4)5)13(17)19-9-11-8-18-11;1-8(9(13)12(4)5)6-7-11(2,3)10(14)15;3*1-2(3)4/h25-26,28-30,44-45H,15-24H2,1-14H3;10-11H,6-9H2,1-5H3;8H,6-7H2,1-5H3,(H,14,15);3*1H3,(H,3,4). The zero-order valence-electron chi connectivity index (χ0n) is 65.5. The first-order valence-electron chi connectivity index (χ1n) is 33.5. The highest BCUT2D eigenvalue weighted by molar-refractivity contribution is 5.85. The zero-order chi connectivity index (χ0) is 80.6. The minimum atomic E-state index is -1.45. The van der Waals surface area contributed by atoms with Gasteiger partial charge in [0.25, 0.3) is 17.9 Å². The molecule has 1 aliphatic heterocycles. The Morgan fingerprint density at radius 1 is 0.406 bits per heavy atom. The van der Waals surface area contributed by atoms with Gasteiger partial charge in [0.15, 0.2) is 0 Å². The minimum Gasteiger partial charge on any atom is -0.481 e. The number of carboxylic acids is 4. The van der Waals surface area contributed by atoms with Crippen molar-refractivity contribution in [3.63, 3.8) is 0 Å². The number of ether oxygens (including phenoxy) is 6. The average molecular weight is 1450 g/mol. The smallest absolute Gasteiger partial charge is 0.311 e. The molecule has 0 spiro atoms. The van der Waals surface area contributed by atoms with Crippen molar-refractivity contribution >= 4 is 83.3 Å². The van der Waals surface area contributed by atoms with Crippen LogP contribution in [0.4, 0.5) is 0 Å². The predicted molar refractivity (Wildman–Crippen MR) is 373 cm³/mol. The summed E-state index contributed by atoms with van der Waals surface area (Å²) in [5.74, 6) is -9.06. The largest absolute Gasteiger partial charge is 0.481 e. The van der Waals surface area contributed by atoms with Gasteiger partial charge < -0.3 is 83.6 Å². The van der Waals surface area contributed by atoms with Gasteiger partial charge in [-0.25, -0.2) is 0 Å². The van der Waals surface area contributed by atoms with Crippen LogP contribution in [-0.2, 0) is 95.5 Å². The predicted octanol–water partition coefficient (Wildman–Crippen LogP) is 5.79. The molecule has 1 fully saturated rings. The molecule has 31 nitrogen and oxygen atoms in total. The van der Waals surface area contributed by atoms with Gasteiger partial charge in [0.1, 0.15) is 51.3 Å². The highest BCUT2D eigenvalue weighted by atomic mass is 16.6. The molecule has 31 heteroatoms. The van der Waals surface area contributed by atoms with Crippen LogP contribution in [0.5, 0.6) is 0 Å². The van der Waals surface area contributed by atoms with Crippen molar-refractivity contribution in [1.82, 2.24) is 24.5 Å². The molecular weight excluding hydrogens is 1330 g/mol. The van der Waals surface area contributed by atoms with Crippen LogP contribution in [0.25, 0.3) is 0 Å². The van der Waals surface area contributed by atoms with Crippen LogP contribution in [0.1, 0.15) is 182 Å². The monoisotopic (exact) mass is 1450 g/mol. The third-order valence-corrected chi connectivity index (χ3v) is 16.2. The SMILES string of the molecule is CC(=O)O.CC(=O)O.CC(=O)O.CC(CCC(C)(C)C(=O)O)C(=O)N(C)C.CCC(C)(CC(C)C(=O)N(C)C)C(=O)OCC1CO1.CCC(C)(CC(CC(C)(CC(C)C(=O)N(C)C)C(=O)OCC(O)COC(C)=O)C(=O)N(C)C)C(=O)OCC(O)COC(=O)C(C)(C)CCC(C)C(=O)N(C)C. The molecule has 101 heavy (non-hydrogen) atoms. The summed E-state index contributed by atoms with van der Waals surface area (Å²) in [5.41, 5.74) is -5.02. The van der Waals surface area contributed by atoms with E-state index in [9.17, 15) is 63.0 Å². The molecule has 588 valence electrons. The van der Waals surface area contributed by atoms with Gasteiger partial charge in [0.2, 0.25) is 29.5 Å². The maximum absolute atomic E-state index is 13.7. The zero-order valence-corrected chi connectivity index (χ0v) is 65.5. The number of carbonyl (C=O) groups is 14. The van der Waals surface area contributed by atoms with Gasteiger partial charge in [0.05, 0.1) is 33.7 Å². The van der Waals surface area contributed by atoms with Crippen LogP contribution >= 0.6 is 0 Å². The fourth-order valence-electron chi connectivity index (χ4n) is 9.47. The molecule has 0 aromatic rings. The number of carbonyl (C=O) groups excluding carboxylic acids is 10. The molecule has 11 atom stereocenters. The molecule has 0 aliphatic carbocycles. The van der Waals surface area contributed by atoms with Crippen molar-refractivity contribution in [2.45, 2.75) is 200 Å². The van der Waals surface area contributed by atoms with Gasteiger partial charge in [-0.2, -0.15) is 0 Å². The molecule has 0 aromatic heterocycles. The van der Waals surface area contributed by atoms with Crippen molar-refractivity contribution in [2.75, 3.05) is 110 Å². The van der Waals surface area contributed by atoms with E-state index >= 15 is 0 Å². The second-order valence-corrected chi connectivity index (χ2v) is 28.8. The first-order chi connectivity index (χ1) is 45.8. The number of rotatable bonds is 36. The number of esters is 5. The van der Waals surface area contributed by atoms with Crippen LogP contribution in [0.15, 0.2) is 0 Å². The van der Waals surface area contributed by atoms with Crippen molar-refractivity contribution in [1.29, 1.82) is 0 Å². The number of amides is 5. The summed E-state index contributed by atoms with van der Waals surface area (Å²) < 4.78 is 31.4. The molecule has 0 bridgehead atoms. The number of hydrogen-bond acceptors (Lipinski definition) is 22. The Bertz CT molecular complexity index is 2600. The molecule has 1 aliphatic rings. The maximum Gasteiger partial charge on any atom is 0.311 e. The second kappa shape index (κ2) is 49.1. The Morgan fingerprint density at radius 3 is 0.980 bits per heavy atom. The Hall–Kier alpha value is -7.54. The number of aliphatic hydroxyl groups excluding tert-OH is 2. The summed E-state index contributed by atoms with van der Waals surface area (Å²) in [6.07, 6.45) is 0.530. The van der Waals surface area contributed by atoms with Crippen molar-refractivity contribution in [2.24, 2.45) is 56.7 Å². The van der Waals surface area contributed by atoms with Gasteiger partial charge in [-0.3, -0.25) is 67.1 Å². The third kappa shape index (κ3) is 45.8. The van der Waals surface area contributed by atoms with E-state index in [1.807, 2.05) is 27.7 Å². The summed E-state index contributed by atoms with van der Waals surface area (Å²) >= 11 is 0. The number of aliphatic carboxylic acids is 4. The quantitative estimate of drug-likeness (QED) is 0.0246. The van der Waals surface area contributed by atoms with Gasteiger partial charge in [-0.05, 0) is 113 Å². The third-order valence-electron chi connectivity index (χ3n) is 16.2. The van der Waals surface area contributed by atoms with E-state index in [-0.39, 0.29) is 85.0 Å². The summed E-state index contributed by atoms with van der Waals surface area (Å²) in [4.78, 5) is 171. The Kier molecular flexibility index (Phi) is 49.7. The second-order valence-electron chi connectivity index (χ2n) is 28.8. The van der Waals surface area contributed by atoms with Crippen molar-refractivity contribution in [3.05, 3.63) is 0 Å². The highest BCUT2D eigenvalue weighted by Gasteiger charge is 2.46. The lowest BCUT2D eigenvalue weighted by atomic mass is 9.69. The maximum atomic E-state index is 13.7. The molecule has 1 heterocycles. The summed E-state index contributed by atoms with van der Waals surface area (Å²) in [6, 6.07) is 0. The molecule has 6 N–H and O–H groups in total. The number of hydrogen-bond donors (Lipinski definition) is 6. The Balaban J connectivity index is -0.000000532. The Labute approximate surface area is 598 Å². The molecule has 0 saturated carbocycles. The van der Waals surface area contributed by atoms with Gasteiger partial charge in [-0.1, -0.05) is 41.5 Å². The lowest BCUT2D eigenvalue weighted by Crippen LogP contribution is -2.44. The first kappa shape index (κ1) is 102. The van der Waals surface area contributed by atoms with Crippen molar-refractivity contribution in [3.8, 4) is 0 Å². The molecule has 11 unspecified atom stereocenters. The minimum absolute atomic E-state index is 0.0255. The summed E-state index contributed by atoms with van der Waals surface area (Å²) in [7, 11) is 16.4. The molecule has 1 saturated heterocycles. The van der Waals surface area contributed by atoms with Crippen LogP contribution in [0.3, 0.4) is 0 Å². The number of epoxide rings is 1. The van der Waals surface area contributed by atoms with Crippen LogP contribution in [0, 0.1) is 56.7 Å². The number of aliphatic hydroxyl groups is 2. The van der Waals surface area contributed by atoms with Crippen LogP contribution in [-0.4, -0.2) is 267 Å². The van der Waals surface area contributed by atoms with Crippen LogP contribution in [0.2, 0.25) is 0 Å². The van der Waals surface area contributed by atoms with E-state index in [0.29, 0.717) is 51.7 Å². The summed E-state index contributed by atoms with van der Waals surface area (Å²) in [6.45, 7) is 26.2. The molecular formula is C70H127N5O26. The Morgan fingerprint density at radius 2 is 0.673 bits per heavy atom. The van der Waals surface area contributed by atoms with E-state index in [2.05, 4.69) is 0 Å². The highest BCUT2D eigenvalue weighted by Crippen LogP contribution is 2.42. The van der Waals surface area contributed by atoms with Gasteiger partial charge in [-0.15, -0.1) is 0 Å². The van der Waals surface area contributed by atoms with Gasteiger partial charge >= 0.3 is 35.8 Å². The molecule has 1 rings (SSSR count). The molecule has 0 aromatic carbocycles. The van der Waals surface area contributed by atoms with E-state index in [1.165, 1.54) is 21.6 Å². The topological polar surface area (TPSA) is 435 Å². The normalized spacial score (nSPS) is 15.9. The fraction of sp³-hybridized carbons (Fsp3) is 0.800. The van der Waals surface area contributed by atoms with E-state index in [1.54, 1.807) is 143 Å². The summed E-state index contributed by atoms with van der Waals surface area (Å²) in [5, 5.41) is 52.0. The fourth-order valence-corrected chi connectivity index (χ4v) is 9.47. The van der Waals surface area contributed by atoms with Crippen molar-refractivity contribution < 1.29 is 126 Å². The molecule has 0 radical (unpaired) electrons. The van der Waals surface area contributed by atoms with E-state index in [0.717, 1.165) is 20.8 Å². The van der Waals surface area contributed by atoms with Crippen LogP contribution < -0.4 is 0 Å². The van der Waals surface area contributed by atoms with E-state index in [4.69, 9.17) is 63.2 Å². The first-order valence-corrected chi connectivity index (χ1v) is 33.5. The average Bonchev–Trinajstić information content (AvgIpc) is 1.63. The van der Waals surface area contributed by atoms with Gasteiger partial charge in [0, 0.05) is 128 Å². The molecule has 5 amide bonds. The lowest BCUT2D eigenvalue weighted by molar-refractivity contribution is -0.166. The number of carboxylic acid groups (broad SMARTS) is 4.